The summed E-state index contributed by atoms with van der Waals surface area (Å²) in [6, 6.07) is 34.5. The van der Waals surface area contributed by atoms with Crippen LogP contribution in [0.1, 0.15) is 0 Å². The minimum atomic E-state index is -0.337. The molecule has 0 bridgehead atoms. The van der Waals surface area contributed by atoms with Crippen LogP contribution in [0.3, 0.4) is 0 Å². The van der Waals surface area contributed by atoms with Crippen molar-refractivity contribution in [3.05, 3.63) is 120 Å². The molecule has 0 spiro atoms. The van der Waals surface area contributed by atoms with E-state index in [1.54, 1.807) is 6.20 Å². The van der Waals surface area contributed by atoms with Crippen molar-refractivity contribution >= 4 is 43.7 Å². The number of nitrogens with zero attached hydrogens (tertiary/aromatic N) is 2. The second-order valence-electron chi connectivity index (χ2n) is 8.42. The average Bonchev–Trinajstić information content (AvgIpc) is 3.23. The fourth-order valence-corrected chi connectivity index (χ4v) is 4.93. The lowest BCUT2D eigenvalue weighted by Crippen LogP contribution is -2.02. The highest BCUT2D eigenvalue weighted by Gasteiger charge is 2.16. The lowest BCUT2D eigenvalue weighted by atomic mass is 10.0. The maximum atomic E-state index is 12.9. The highest BCUT2D eigenvalue weighted by molar-refractivity contribution is 6.10. The van der Waals surface area contributed by atoms with Crippen LogP contribution in [0.15, 0.2) is 119 Å². The molecule has 4 heteroatoms. The van der Waals surface area contributed by atoms with Gasteiger partial charge in [0.15, 0.2) is 0 Å². The summed E-state index contributed by atoms with van der Waals surface area (Å²) in [5.41, 5.74) is 5.35. The van der Waals surface area contributed by atoms with E-state index >= 15 is 0 Å². The summed E-state index contributed by atoms with van der Waals surface area (Å²) in [6.07, 6.45) is 1.80. The minimum Gasteiger partial charge on any atom is -0.422 e. The molecule has 7 rings (SSSR count). The highest BCUT2D eigenvalue weighted by atomic mass is 16.4. The topological polar surface area (TPSA) is 48.0 Å². The van der Waals surface area contributed by atoms with Gasteiger partial charge in [-0.25, -0.2) is 9.78 Å². The predicted molar refractivity (Wildman–Crippen MR) is 138 cm³/mol. The zero-order chi connectivity index (χ0) is 22.6. The zero-order valence-corrected chi connectivity index (χ0v) is 18.1. The van der Waals surface area contributed by atoms with Crippen molar-refractivity contribution in [3.8, 4) is 16.8 Å². The Kier molecular flexibility index (Phi) is 3.96. The van der Waals surface area contributed by atoms with Crippen molar-refractivity contribution in [3.63, 3.8) is 0 Å². The Balaban J connectivity index is 1.53. The molecule has 0 saturated carbocycles. The Bertz CT molecular complexity index is 1930. The second kappa shape index (κ2) is 7.15. The molecule has 0 radical (unpaired) electrons. The molecule has 0 aliphatic carbocycles. The Hall–Kier alpha value is -4.70. The molecule has 160 valence electrons. The van der Waals surface area contributed by atoms with Gasteiger partial charge in [-0.2, -0.15) is 0 Å². The molecule has 4 nitrogen and oxygen atoms in total. The van der Waals surface area contributed by atoms with E-state index in [9.17, 15) is 4.79 Å². The van der Waals surface area contributed by atoms with Gasteiger partial charge in [0.25, 0.3) is 0 Å². The summed E-state index contributed by atoms with van der Waals surface area (Å²) in [4.78, 5) is 17.6. The van der Waals surface area contributed by atoms with Gasteiger partial charge in [0, 0.05) is 33.4 Å². The van der Waals surface area contributed by atoms with E-state index in [4.69, 9.17) is 9.40 Å². The third-order valence-corrected chi connectivity index (χ3v) is 6.49. The first kappa shape index (κ1) is 18.8. The van der Waals surface area contributed by atoms with Crippen LogP contribution >= 0.6 is 0 Å². The summed E-state index contributed by atoms with van der Waals surface area (Å²) < 4.78 is 7.73. The molecule has 0 fully saturated rings. The molecule has 0 aliphatic rings. The number of rotatable bonds is 2. The summed E-state index contributed by atoms with van der Waals surface area (Å²) in [6.45, 7) is 0. The van der Waals surface area contributed by atoms with Crippen LogP contribution in [0.25, 0.3) is 60.5 Å². The number of fused-ring (bicyclic) bond motifs is 6. The molecule has 0 aliphatic heterocycles. The van der Waals surface area contributed by atoms with Crippen molar-refractivity contribution < 1.29 is 4.42 Å². The summed E-state index contributed by atoms with van der Waals surface area (Å²) in [5, 5.41) is 4.56. The van der Waals surface area contributed by atoms with Crippen molar-refractivity contribution in [2.75, 3.05) is 0 Å². The van der Waals surface area contributed by atoms with E-state index in [1.165, 1.54) is 5.56 Å². The van der Waals surface area contributed by atoms with Crippen LogP contribution in [0.4, 0.5) is 0 Å². The van der Waals surface area contributed by atoms with Crippen molar-refractivity contribution in [2.24, 2.45) is 0 Å². The molecular weight excluding hydrogens is 420 g/mol. The SMILES string of the molecule is O=c1oc2ccccc2c2ccc(-n3c4ccc(-c5ccccc5)cc4c4cccnc43)cc12. The molecule has 0 amide bonds. The first-order valence-corrected chi connectivity index (χ1v) is 11.2. The molecule has 0 saturated heterocycles. The first-order valence-electron chi connectivity index (χ1n) is 11.2. The average molecular weight is 438 g/mol. The molecule has 0 unspecified atom stereocenters. The van der Waals surface area contributed by atoms with Crippen LogP contribution < -0.4 is 5.63 Å². The van der Waals surface area contributed by atoms with E-state index in [0.717, 1.165) is 44.0 Å². The van der Waals surface area contributed by atoms with Gasteiger partial charge in [-0.05, 0) is 53.6 Å². The van der Waals surface area contributed by atoms with Crippen molar-refractivity contribution in [1.29, 1.82) is 0 Å². The molecule has 34 heavy (non-hydrogen) atoms. The minimum absolute atomic E-state index is 0.337. The molecule has 0 atom stereocenters. The van der Waals surface area contributed by atoms with Crippen LogP contribution in [0.5, 0.6) is 0 Å². The maximum absolute atomic E-state index is 12.9. The highest BCUT2D eigenvalue weighted by Crippen LogP contribution is 2.35. The monoisotopic (exact) mass is 438 g/mol. The summed E-state index contributed by atoms with van der Waals surface area (Å²) in [7, 11) is 0. The van der Waals surface area contributed by atoms with E-state index in [1.807, 2.05) is 54.6 Å². The normalized spacial score (nSPS) is 11.6. The van der Waals surface area contributed by atoms with Gasteiger partial charge in [0.05, 0.1) is 10.9 Å². The van der Waals surface area contributed by atoms with E-state index in [2.05, 4.69) is 53.1 Å². The van der Waals surface area contributed by atoms with Gasteiger partial charge < -0.3 is 4.42 Å². The van der Waals surface area contributed by atoms with Crippen molar-refractivity contribution in [1.82, 2.24) is 9.55 Å². The van der Waals surface area contributed by atoms with Crippen LogP contribution in [-0.2, 0) is 0 Å². The Morgan fingerprint density at radius 2 is 1.44 bits per heavy atom. The predicted octanol–water partition coefficient (Wildman–Crippen LogP) is 7.11. The maximum Gasteiger partial charge on any atom is 0.344 e. The van der Waals surface area contributed by atoms with Gasteiger partial charge in [-0.3, -0.25) is 4.57 Å². The van der Waals surface area contributed by atoms with E-state index in [0.29, 0.717) is 11.0 Å². The molecular formula is C30H18N2O2. The molecule has 7 aromatic rings. The smallest absolute Gasteiger partial charge is 0.344 e. The number of pyridine rings is 1. The number of para-hydroxylation sites is 1. The second-order valence-corrected chi connectivity index (χ2v) is 8.42. The molecule has 3 aromatic heterocycles. The third-order valence-electron chi connectivity index (χ3n) is 6.49. The standard InChI is InChI=1S/C30H18N2O2/c33-30-26-18-21(13-14-22(26)23-9-4-5-11-28(23)34-30)32-27-15-12-20(19-7-2-1-3-8-19)17-25(27)24-10-6-16-31-29(24)32/h1-18H. The summed E-state index contributed by atoms with van der Waals surface area (Å²) >= 11 is 0. The Labute approximate surface area is 194 Å². The number of hydrogen-bond donors (Lipinski definition) is 0. The molecule has 3 heterocycles. The fraction of sp³-hybridized carbons (Fsp3) is 0. The van der Waals surface area contributed by atoms with Gasteiger partial charge >= 0.3 is 5.63 Å². The van der Waals surface area contributed by atoms with E-state index in [-0.39, 0.29) is 5.63 Å². The van der Waals surface area contributed by atoms with Crippen LogP contribution in [0, 0.1) is 0 Å². The zero-order valence-electron chi connectivity index (χ0n) is 18.1. The number of aromatic nitrogens is 2. The number of hydrogen-bond acceptors (Lipinski definition) is 3. The van der Waals surface area contributed by atoms with Gasteiger partial charge in [-0.15, -0.1) is 0 Å². The Morgan fingerprint density at radius 3 is 2.35 bits per heavy atom. The third kappa shape index (κ3) is 2.72. The van der Waals surface area contributed by atoms with E-state index < -0.39 is 0 Å². The van der Waals surface area contributed by atoms with Crippen molar-refractivity contribution in [2.45, 2.75) is 0 Å². The van der Waals surface area contributed by atoms with Crippen LogP contribution in [-0.4, -0.2) is 9.55 Å². The summed E-state index contributed by atoms with van der Waals surface area (Å²) in [5.74, 6) is 0. The first-order chi connectivity index (χ1) is 16.8. The quantitative estimate of drug-likeness (QED) is 0.214. The number of benzene rings is 4. The van der Waals surface area contributed by atoms with Crippen LogP contribution in [0.2, 0.25) is 0 Å². The lowest BCUT2D eigenvalue weighted by molar-refractivity contribution is 0.569. The molecule has 4 aromatic carbocycles. The Morgan fingerprint density at radius 1 is 0.618 bits per heavy atom. The van der Waals surface area contributed by atoms with Gasteiger partial charge in [0.2, 0.25) is 0 Å². The van der Waals surface area contributed by atoms with Gasteiger partial charge in [0.1, 0.15) is 11.2 Å². The lowest BCUT2D eigenvalue weighted by Gasteiger charge is -2.10. The molecule has 0 N–H and O–H groups in total. The largest absolute Gasteiger partial charge is 0.422 e. The van der Waals surface area contributed by atoms with Gasteiger partial charge in [-0.1, -0.05) is 60.7 Å². The fourth-order valence-electron chi connectivity index (χ4n) is 4.93.